The first-order chi connectivity index (χ1) is 12.0. The van der Waals surface area contributed by atoms with Gasteiger partial charge in [0.15, 0.2) is 11.8 Å². The van der Waals surface area contributed by atoms with E-state index in [0.717, 1.165) is 24.9 Å². The van der Waals surface area contributed by atoms with Crippen molar-refractivity contribution in [2.24, 2.45) is 4.99 Å². The van der Waals surface area contributed by atoms with E-state index >= 15 is 0 Å². The number of nitrogens with one attached hydrogen (secondary N) is 1. The first-order valence-electron chi connectivity index (χ1n) is 8.87. The van der Waals surface area contributed by atoms with Crippen molar-refractivity contribution in [1.29, 1.82) is 0 Å². The van der Waals surface area contributed by atoms with Gasteiger partial charge in [-0.25, -0.2) is 0 Å². The molecule has 26 heavy (non-hydrogen) atoms. The molecule has 0 fully saturated rings. The third-order valence-corrected chi connectivity index (χ3v) is 3.82. The molecule has 0 bridgehead atoms. The Bertz CT molecular complexity index is 681. The van der Waals surface area contributed by atoms with Crippen LogP contribution in [0.5, 0.6) is 0 Å². The summed E-state index contributed by atoms with van der Waals surface area (Å²) in [4.78, 5) is 11.2. The van der Waals surface area contributed by atoms with Gasteiger partial charge < -0.3 is 14.7 Å². The van der Waals surface area contributed by atoms with Crippen LogP contribution in [0.1, 0.15) is 49.5 Å². The van der Waals surface area contributed by atoms with Crippen molar-refractivity contribution in [3.63, 3.8) is 0 Å². The zero-order valence-electron chi connectivity index (χ0n) is 16.3. The molecule has 6 nitrogen and oxygen atoms in total. The fourth-order valence-electron chi connectivity index (χ4n) is 2.37. The molecule has 0 unspecified atom stereocenters. The van der Waals surface area contributed by atoms with Crippen LogP contribution >= 0.6 is 24.0 Å². The number of rotatable bonds is 7. The molecule has 1 N–H and O–H groups in total. The van der Waals surface area contributed by atoms with Gasteiger partial charge in [-0.15, -0.1) is 24.0 Å². The van der Waals surface area contributed by atoms with E-state index in [1.54, 1.807) is 0 Å². The summed E-state index contributed by atoms with van der Waals surface area (Å²) >= 11 is 0. The first-order valence-corrected chi connectivity index (χ1v) is 8.87. The monoisotopic (exact) mass is 471 g/mol. The lowest BCUT2D eigenvalue weighted by Gasteiger charge is -2.22. The predicted octanol–water partition coefficient (Wildman–Crippen LogP) is 3.76. The third kappa shape index (κ3) is 6.93. The summed E-state index contributed by atoms with van der Waals surface area (Å²) in [5, 5.41) is 7.32. The minimum Gasteiger partial charge on any atom is -0.357 e. The lowest BCUT2D eigenvalue weighted by Crippen LogP contribution is -2.38. The van der Waals surface area contributed by atoms with Crippen LogP contribution < -0.4 is 5.32 Å². The summed E-state index contributed by atoms with van der Waals surface area (Å²) in [7, 11) is 2.05. The fraction of sp³-hybridized carbons (Fsp3) is 0.526. The van der Waals surface area contributed by atoms with E-state index in [9.17, 15) is 0 Å². The molecule has 0 saturated heterocycles. The van der Waals surface area contributed by atoms with E-state index in [0.29, 0.717) is 18.9 Å². The molecular weight excluding hydrogens is 441 g/mol. The molecule has 0 aliphatic rings. The van der Waals surface area contributed by atoms with Crippen LogP contribution in [0.15, 0.2) is 33.8 Å². The SMILES string of the molecule is CCNC(=NCCc1nc(C(C)C)no1)N(C)Cc1ccc(C)cc1.I. The highest BCUT2D eigenvalue weighted by molar-refractivity contribution is 14.0. The summed E-state index contributed by atoms with van der Waals surface area (Å²) in [5.41, 5.74) is 2.53. The number of nitrogens with zero attached hydrogens (tertiary/aromatic N) is 4. The van der Waals surface area contributed by atoms with Crippen LogP contribution in [0.4, 0.5) is 0 Å². The van der Waals surface area contributed by atoms with Gasteiger partial charge in [-0.1, -0.05) is 48.8 Å². The highest BCUT2D eigenvalue weighted by Crippen LogP contribution is 2.10. The molecule has 144 valence electrons. The average molecular weight is 471 g/mol. The average Bonchev–Trinajstić information content (AvgIpc) is 3.05. The van der Waals surface area contributed by atoms with Gasteiger partial charge in [0.05, 0.1) is 6.54 Å². The number of hydrogen-bond acceptors (Lipinski definition) is 4. The Morgan fingerprint density at radius 3 is 2.54 bits per heavy atom. The molecule has 0 radical (unpaired) electrons. The maximum Gasteiger partial charge on any atom is 0.228 e. The minimum atomic E-state index is 0. The summed E-state index contributed by atoms with van der Waals surface area (Å²) in [6.45, 7) is 10.5. The Hall–Kier alpha value is -1.64. The Kier molecular flexibility index (Phi) is 9.61. The highest BCUT2D eigenvalue weighted by atomic mass is 127. The van der Waals surface area contributed by atoms with E-state index in [1.807, 2.05) is 7.05 Å². The smallest absolute Gasteiger partial charge is 0.228 e. The summed E-state index contributed by atoms with van der Waals surface area (Å²) in [6.07, 6.45) is 0.646. The van der Waals surface area contributed by atoms with Gasteiger partial charge in [0.2, 0.25) is 5.89 Å². The summed E-state index contributed by atoms with van der Waals surface area (Å²) < 4.78 is 5.27. The van der Waals surface area contributed by atoms with Gasteiger partial charge in [-0.05, 0) is 19.4 Å². The van der Waals surface area contributed by atoms with Crippen LogP contribution in [-0.4, -0.2) is 41.1 Å². The number of halogens is 1. The number of aromatic nitrogens is 2. The molecule has 2 aromatic rings. The van der Waals surface area contributed by atoms with Crippen molar-refractivity contribution >= 4 is 29.9 Å². The number of hydrogen-bond donors (Lipinski definition) is 1. The summed E-state index contributed by atoms with van der Waals surface area (Å²) in [6, 6.07) is 8.58. The molecule has 7 heteroatoms. The third-order valence-electron chi connectivity index (χ3n) is 3.82. The van der Waals surface area contributed by atoms with Gasteiger partial charge >= 0.3 is 0 Å². The molecule has 1 aromatic heterocycles. The molecular formula is C19H30IN5O. The Morgan fingerprint density at radius 2 is 1.96 bits per heavy atom. The fourth-order valence-corrected chi connectivity index (χ4v) is 2.37. The van der Waals surface area contributed by atoms with Crippen molar-refractivity contribution in [1.82, 2.24) is 20.4 Å². The van der Waals surface area contributed by atoms with E-state index < -0.39 is 0 Å². The molecule has 0 spiro atoms. The van der Waals surface area contributed by atoms with Crippen molar-refractivity contribution < 1.29 is 4.52 Å². The first kappa shape index (κ1) is 22.4. The quantitative estimate of drug-likeness (QED) is 0.379. The second-order valence-electron chi connectivity index (χ2n) is 6.53. The molecule has 0 amide bonds. The van der Waals surface area contributed by atoms with Crippen molar-refractivity contribution in [3.05, 3.63) is 47.1 Å². The molecule has 0 atom stereocenters. The van der Waals surface area contributed by atoms with E-state index in [-0.39, 0.29) is 29.9 Å². The maximum atomic E-state index is 5.27. The molecule has 0 aliphatic carbocycles. The summed E-state index contributed by atoms with van der Waals surface area (Å²) in [5.74, 6) is 2.55. The van der Waals surface area contributed by atoms with E-state index in [1.165, 1.54) is 11.1 Å². The van der Waals surface area contributed by atoms with Crippen LogP contribution in [0.3, 0.4) is 0 Å². The number of guanidine groups is 1. The van der Waals surface area contributed by atoms with Gasteiger partial charge in [0.25, 0.3) is 0 Å². The lowest BCUT2D eigenvalue weighted by atomic mass is 10.1. The van der Waals surface area contributed by atoms with Gasteiger partial charge in [-0.3, -0.25) is 4.99 Å². The number of aliphatic imine (C=N–C) groups is 1. The molecule has 1 heterocycles. The van der Waals surface area contributed by atoms with Crippen LogP contribution in [0.25, 0.3) is 0 Å². The number of aryl methyl sites for hydroxylation is 1. The Morgan fingerprint density at radius 1 is 1.27 bits per heavy atom. The zero-order valence-corrected chi connectivity index (χ0v) is 18.7. The molecule has 0 saturated carbocycles. The zero-order chi connectivity index (χ0) is 18.2. The van der Waals surface area contributed by atoms with Crippen LogP contribution in [-0.2, 0) is 13.0 Å². The normalized spacial score (nSPS) is 11.4. The standard InChI is InChI=1S/C19H29N5O.HI/c1-6-20-19(24(5)13-16-9-7-15(4)8-10-16)21-12-11-17-22-18(14(2)3)23-25-17;/h7-10,14H,6,11-13H2,1-5H3,(H,20,21);1H. The number of benzene rings is 1. The van der Waals surface area contributed by atoms with Crippen LogP contribution in [0.2, 0.25) is 0 Å². The molecule has 2 rings (SSSR count). The van der Waals surface area contributed by atoms with Gasteiger partial charge in [-0.2, -0.15) is 4.98 Å². The van der Waals surface area contributed by atoms with E-state index in [2.05, 4.69) is 77.3 Å². The van der Waals surface area contributed by atoms with Crippen molar-refractivity contribution in [2.45, 2.75) is 46.6 Å². The Balaban J connectivity index is 0.00000338. The second-order valence-corrected chi connectivity index (χ2v) is 6.53. The topological polar surface area (TPSA) is 66.5 Å². The predicted molar refractivity (Wildman–Crippen MR) is 116 cm³/mol. The Labute approximate surface area is 173 Å². The maximum absolute atomic E-state index is 5.27. The lowest BCUT2D eigenvalue weighted by molar-refractivity contribution is 0.372. The largest absolute Gasteiger partial charge is 0.357 e. The highest BCUT2D eigenvalue weighted by Gasteiger charge is 2.10. The van der Waals surface area contributed by atoms with Gasteiger partial charge in [0.1, 0.15) is 0 Å². The molecule has 0 aliphatic heterocycles. The molecule has 1 aromatic carbocycles. The van der Waals surface area contributed by atoms with Crippen molar-refractivity contribution in [3.8, 4) is 0 Å². The van der Waals surface area contributed by atoms with E-state index in [4.69, 9.17) is 4.52 Å². The minimum absolute atomic E-state index is 0. The van der Waals surface area contributed by atoms with Crippen LogP contribution in [0, 0.1) is 6.92 Å². The van der Waals surface area contributed by atoms with Gasteiger partial charge in [0, 0.05) is 32.5 Å². The second kappa shape index (κ2) is 11.2. The van der Waals surface area contributed by atoms with Crippen molar-refractivity contribution in [2.75, 3.05) is 20.1 Å².